The van der Waals surface area contributed by atoms with E-state index in [1.165, 1.54) is 22.3 Å². The minimum Gasteiger partial charge on any atom is -0.456 e. The van der Waals surface area contributed by atoms with Crippen molar-refractivity contribution in [3.63, 3.8) is 0 Å². The second kappa shape index (κ2) is 19.0. The molecule has 0 saturated heterocycles. The maximum Gasteiger partial charge on any atom is 0.143 e. The van der Waals surface area contributed by atoms with E-state index in [0.717, 1.165) is 111 Å². The molecule has 0 spiro atoms. The Morgan fingerprint density at radius 3 is 0.961 bits per heavy atom. The zero-order chi connectivity index (χ0) is 50.4. The van der Waals surface area contributed by atoms with Crippen LogP contribution in [0.15, 0.2) is 300 Å². The molecule has 12 aromatic carbocycles. The van der Waals surface area contributed by atoms with Gasteiger partial charge in [0.25, 0.3) is 0 Å². The third-order valence-electron chi connectivity index (χ3n) is 14.7. The summed E-state index contributed by atoms with van der Waals surface area (Å²) in [5.41, 5.74) is 21.5. The molecule has 2 aromatic heterocycles. The molecular formula is C72H48N2O2. The zero-order valence-electron chi connectivity index (χ0n) is 41.4. The van der Waals surface area contributed by atoms with E-state index in [1.54, 1.807) is 0 Å². The summed E-state index contributed by atoms with van der Waals surface area (Å²) in [6, 6.07) is 104. The summed E-state index contributed by atoms with van der Waals surface area (Å²) in [5, 5.41) is 4.49. The Bertz CT molecular complexity index is 4250. The molecule has 0 aliphatic heterocycles. The number of para-hydroxylation sites is 3. The minimum absolute atomic E-state index is 0.893. The SMILES string of the molecule is c1ccc(-c2ccc(N(c3ccc(-c4ccccc4)cc3)c3ccc(-c4ccc(N(c5ccc(-c6ccc7oc8ccccc8c7c6)cc5)c5ccc(-c6cccc7c6oc6ccccc67)cc5)cc4)cc3)cc2)cc1. The van der Waals surface area contributed by atoms with Gasteiger partial charge in [-0.15, -0.1) is 0 Å². The molecule has 14 aromatic rings. The molecule has 0 unspecified atom stereocenters. The Hall–Kier alpha value is -10.2. The average molecular weight is 973 g/mol. The second-order valence-corrected chi connectivity index (χ2v) is 19.3. The number of hydrogen-bond acceptors (Lipinski definition) is 4. The van der Waals surface area contributed by atoms with Gasteiger partial charge in [-0.25, -0.2) is 0 Å². The largest absolute Gasteiger partial charge is 0.456 e. The lowest BCUT2D eigenvalue weighted by atomic mass is 10.0. The van der Waals surface area contributed by atoms with Crippen molar-refractivity contribution in [3.05, 3.63) is 291 Å². The second-order valence-electron chi connectivity index (χ2n) is 19.3. The van der Waals surface area contributed by atoms with Crippen molar-refractivity contribution in [2.24, 2.45) is 0 Å². The average Bonchev–Trinajstić information content (AvgIpc) is 4.08. The topological polar surface area (TPSA) is 32.8 Å². The number of furan rings is 2. The summed E-state index contributed by atoms with van der Waals surface area (Å²) in [6.07, 6.45) is 0. The lowest BCUT2D eigenvalue weighted by molar-refractivity contribution is 0.669. The molecule has 14 rings (SSSR count). The van der Waals surface area contributed by atoms with E-state index < -0.39 is 0 Å². The molecule has 4 nitrogen and oxygen atoms in total. The smallest absolute Gasteiger partial charge is 0.143 e. The number of benzene rings is 12. The van der Waals surface area contributed by atoms with Gasteiger partial charge in [0.15, 0.2) is 0 Å². The van der Waals surface area contributed by atoms with Gasteiger partial charge in [0, 0.05) is 61.2 Å². The number of rotatable bonds is 11. The molecule has 4 heteroatoms. The highest BCUT2D eigenvalue weighted by molar-refractivity contribution is 6.10. The molecule has 0 amide bonds. The first-order valence-electron chi connectivity index (χ1n) is 25.8. The van der Waals surface area contributed by atoms with Crippen LogP contribution in [0.3, 0.4) is 0 Å². The van der Waals surface area contributed by atoms with Crippen LogP contribution in [0.1, 0.15) is 0 Å². The molecule has 0 fully saturated rings. The summed E-state index contributed by atoms with van der Waals surface area (Å²) in [6.45, 7) is 0. The van der Waals surface area contributed by atoms with Gasteiger partial charge in [-0.1, -0.05) is 194 Å². The Labute approximate surface area is 441 Å². The van der Waals surface area contributed by atoms with Gasteiger partial charge >= 0.3 is 0 Å². The van der Waals surface area contributed by atoms with E-state index in [9.17, 15) is 0 Å². The first-order valence-corrected chi connectivity index (χ1v) is 25.8. The molecule has 0 bridgehead atoms. The molecule has 76 heavy (non-hydrogen) atoms. The van der Waals surface area contributed by atoms with Crippen molar-refractivity contribution in [2.45, 2.75) is 0 Å². The maximum absolute atomic E-state index is 6.47. The Kier molecular flexibility index (Phi) is 11.2. The van der Waals surface area contributed by atoms with E-state index in [-0.39, 0.29) is 0 Å². The van der Waals surface area contributed by atoms with E-state index in [1.807, 2.05) is 24.3 Å². The molecule has 0 N–H and O–H groups in total. The van der Waals surface area contributed by atoms with Crippen LogP contribution in [-0.4, -0.2) is 0 Å². The fourth-order valence-corrected chi connectivity index (χ4v) is 10.8. The zero-order valence-corrected chi connectivity index (χ0v) is 41.4. The fourth-order valence-electron chi connectivity index (χ4n) is 10.8. The first kappa shape index (κ1) is 44.5. The molecule has 0 saturated carbocycles. The van der Waals surface area contributed by atoms with Gasteiger partial charge in [-0.3, -0.25) is 0 Å². The highest BCUT2D eigenvalue weighted by Crippen LogP contribution is 2.42. The van der Waals surface area contributed by atoms with Crippen molar-refractivity contribution < 1.29 is 8.83 Å². The number of hydrogen-bond donors (Lipinski definition) is 0. The summed E-state index contributed by atoms with van der Waals surface area (Å²) in [4.78, 5) is 4.67. The van der Waals surface area contributed by atoms with Gasteiger partial charge in [0.2, 0.25) is 0 Å². The Morgan fingerprint density at radius 1 is 0.197 bits per heavy atom. The third kappa shape index (κ3) is 8.25. The van der Waals surface area contributed by atoms with Gasteiger partial charge in [0.05, 0.1) is 0 Å². The van der Waals surface area contributed by atoms with Crippen LogP contribution in [0.25, 0.3) is 99.5 Å². The molecule has 0 aliphatic rings. The third-order valence-corrected chi connectivity index (χ3v) is 14.7. The highest BCUT2D eigenvalue weighted by Gasteiger charge is 2.18. The summed E-state index contributed by atoms with van der Waals surface area (Å²) >= 11 is 0. The fraction of sp³-hybridized carbons (Fsp3) is 0. The van der Waals surface area contributed by atoms with Gasteiger partial charge < -0.3 is 18.6 Å². The summed E-state index contributed by atoms with van der Waals surface area (Å²) in [7, 11) is 0. The summed E-state index contributed by atoms with van der Waals surface area (Å²) < 4.78 is 12.6. The molecule has 0 aliphatic carbocycles. The van der Waals surface area contributed by atoms with Crippen LogP contribution < -0.4 is 9.80 Å². The number of anilines is 6. The maximum atomic E-state index is 6.47. The molecule has 2 heterocycles. The Balaban J connectivity index is 0.797. The monoisotopic (exact) mass is 972 g/mol. The van der Waals surface area contributed by atoms with Gasteiger partial charge in [0.1, 0.15) is 22.3 Å². The standard InChI is InChI=1S/C72H48N2O2/c1-3-12-49(13-4-1)51-22-35-58(36-23-51)73(59-37-24-52(25-38-59)50-14-5-2-6-15-50)60-39-26-53(27-40-60)54-28-41-61(42-29-54)74(62-43-30-55(31-44-62)57-34-47-71-68(48-57)66-17-8-9-20-69(66)75-71)63-45-32-56(33-46-63)64-18-11-19-67-65-16-7-10-21-70(65)76-72(64)67/h1-48H. The Morgan fingerprint density at radius 2 is 0.513 bits per heavy atom. The highest BCUT2D eigenvalue weighted by atomic mass is 16.3. The number of nitrogens with zero attached hydrogens (tertiary/aromatic N) is 2. The predicted octanol–water partition coefficient (Wildman–Crippen LogP) is 20.8. The van der Waals surface area contributed by atoms with Crippen LogP contribution >= 0.6 is 0 Å². The molecular weight excluding hydrogens is 925 g/mol. The normalized spacial score (nSPS) is 11.4. The van der Waals surface area contributed by atoms with E-state index in [2.05, 4.69) is 277 Å². The van der Waals surface area contributed by atoms with Crippen LogP contribution in [0.5, 0.6) is 0 Å². The van der Waals surface area contributed by atoms with Crippen molar-refractivity contribution in [2.75, 3.05) is 9.80 Å². The number of fused-ring (bicyclic) bond motifs is 6. The van der Waals surface area contributed by atoms with Crippen LogP contribution in [0, 0.1) is 0 Å². The van der Waals surface area contributed by atoms with Gasteiger partial charge in [-0.2, -0.15) is 0 Å². The first-order chi connectivity index (χ1) is 37.6. The van der Waals surface area contributed by atoms with Crippen molar-refractivity contribution in [3.8, 4) is 55.6 Å². The lowest BCUT2D eigenvalue weighted by Gasteiger charge is -2.27. The predicted molar refractivity (Wildman–Crippen MR) is 318 cm³/mol. The molecule has 0 radical (unpaired) electrons. The minimum atomic E-state index is 0.893. The summed E-state index contributed by atoms with van der Waals surface area (Å²) in [5.74, 6) is 0. The van der Waals surface area contributed by atoms with Crippen molar-refractivity contribution in [1.29, 1.82) is 0 Å². The molecule has 0 atom stereocenters. The van der Waals surface area contributed by atoms with Crippen LogP contribution in [-0.2, 0) is 0 Å². The quantitative estimate of drug-likeness (QED) is 0.129. The van der Waals surface area contributed by atoms with E-state index in [0.29, 0.717) is 0 Å². The van der Waals surface area contributed by atoms with Crippen molar-refractivity contribution >= 4 is 78.0 Å². The van der Waals surface area contributed by atoms with Gasteiger partial charge in [-0.05, 0) is 147 Å². The molecule has 358 valence electrons. The van der Waals surface area contributed by atoms with Crippen molar-refractivity contribution in [1.82, 2.24) is 0 Å². The van der Waals surface area contributed by atoms with Crippen LogP contribution in [0.4, 0.5) is 34.1 Å². The van der Waals surface area contributed by atoms with E-state index in [4.69, 9.17) is 8.83 Å². The van der Waals surface area contributed by atoms with Crippen LogP contribution in [0.2, 0.25) is 0 Å². The van der Waals surface area contributed by atoms with E-state index >= 15 is 0 Å². The lowest BCUT2D eigenvalue weighted by Crippen LogP contribution is -2.10.